The number of nitrogens with zero attached hydrogens (tertiary/aromatic N) is 3. The largest absolute Gasteiger partial charge is 0.353 e. The van der Waals surface area contributed by atoms with Gasteiger partial charge in [-0.3, -0.25) is 9.59 Å². The number of pyridine rings is 1. The Morgan fingerprint density at radius 3 is 2.65 bits per heavy atom. The summed E-state index contributed by atoms with van der Waals surface area (Å²) in [7, 11) is 0. The molecule has 7 heteroatoms. The number of piperazine rings is 1. The van der Waals surface area contributed by atoms with Crippen LogP contribution in [0, 0.1) is 0 Å². The van der Waals surface area contributed by atoms with E-state index in [1.165, 1.54) is 0 Å². The van der Waals surface area contributed by atoms with Crippen molar-refractivity contribution in [3.8, 4) is 0 Å². The molecule has 2 amide bonds. The molecule has 0 aromatic carbocycles. The predicted octanol–water partition coefficient (Wildman–Crippen LogP) is 0.740. The second-order valence-corrected chi connectivity index (χ2v) is 7.99. The molecular weight excluding hydrogens is 312 g/mol. The molecule has 1 aromatic rings. The minimum Gasteiger partial charge on any atom is -0.353 e. The zero-order valence-corrected chi connectivity index (χ0v) is 14.3. The minimum atomic E-state index is -0.450. The maximum absolute atomic E-state index is 12.6. The Labute approximate surface area is 140 Å². The highest BCUT2D eigenvalue weighted by Crippen LogP contribution is 2.29. The van der Waals surface area contributed by atoms with Crippen molar-refractivity contribution in [3.05, 3.63) is 24.4 Å². The summed E-state index contributed by atoms with van der Waals surface area (Å²) in [5, 5.41) is 2.87. The Balaban J connectivity index is 1.56. The number of amides is 2. The van der Waals surface area contributed by atoms with Gasteiger partial charge in [0.25, 0.3) is 0 Å². The van der Waals surface area contributed by atoms with Crippen LogP contribution in [0.4, 0.5) is 5.82 Å². The van der Waals surface area contributed by atoms with Crippen LogP contribution in [0.3, 0.4) is 0 Å². The zero-order valence-electron chi connectivity index (χ0n) is 13.5. The average molecular weight is 334 g/mol. The molecule has 6 nitrogen and oxygen atoms in total. The van der Waals surface area contributed by atoms with E-state index >= 15 is 0 Å². The minimum absolute atomic E-state index is 0.0296. The lowest BCUT2D eigenvalue weighted by Gasteiger charge is -2.39. The summed E-state index contributed by atoms with van der Waals surface area (Å²) in [5.74, 6) is 1.56. The molecule has 0 saturated carbocycles. The second-order valence-electron chi connectivity index (χ2n) is 6.35. The van der Waals surface area contributed by atoms with Crippen molar-refractivity contribution in [2.45, 2.75) is 24.6 Å². The third-order valence-electron chi connectivity index (χ3n) is 4.33. The number of nitrogens with one attached hydrogen (secondary N) is 1. The van der Waals surface area contributed by atoms with E-state index in [1.807, 2.05) is 36.9 Å². The number of anilines is 1. The SMILES string of the molecule is CC1(C)SC[C@H](C(=O)N2CCN(c3ccccn3)CC2)NC1=O. The van der Waals surface area contributed by atoms with Crippen LogP contribution in [-0.2, 0) is 9.59 Å². The molecule has 1 atom stereocenters. The number of aromatic nitrogens is 1. The average Bonchev–Trinajstić information content (AvgIpc) is 2.58. The van der Waals surface area contributed by atoms with Gasteiger partial charge in [-0.25, -0.2) is 4.98 Å². The summed E-state index contributed by atoms with van der Waals surface area (Å²) >= 11 is 1.55. The standard InChI is InChI=1S/C16H22N4O2S/c1-16(2)15(22)18-12(11-23-16)14(21)20-9-7-19(8-10-20)13-5-3-4-6-17-13/h3-6,12H,7-11H2,1-2H3,(H,18,22)/t12-/m1/s1. The fourth-order valence-corrected chi connectivity index (χ4v) is 3.78. The molecular formula is C16H22N4O2S. The Kier molecular flexibility index (Phi) is 4.48. The molecule has 2 aliphatic heterocycles. The highest BCUT2D eigenvalue weighted by Gasteiger charge is 2.39. The van der Waals surface area contributed by atoms with E-state index in [9.17, 15) is 9.59 Å². The van der Waals surface area contributed by atoms with Crippen molar-refractivity contribution >= 4 is 29.4 Å². The fraction of sp³-hybridized carbons (Fsp3) is 0.562. The Morgan fingerprint density at radius 1 is 1.30 bits per heavy atom. The van der Waals surface area contributed by atoms with Crippen molar-refractivity contribution in [1.82, 2.24) is 15.2 Å². The fourth-order valence-electron chi connectivity index (χ4n) is 2.78. The van der Waals surface area contributed by atoms with Crippen LogP contribution >= 0.6 is 11.8 Å². The Morgan fingerprint density at radius 2 is 2.04 bits per heavy atom. The first kappa shape index (κ1) is 16.1. The topological polar surface area (TPSA) is 65.5 Å². The molecule has 23 heavy (non-hydrogen) atoms. The maximum Gasteiger partial charge on any atom is 0.246 e. The van der Waals surface area contributed by atoms with Crippen LogP contribution in [0.1, 0.15) is 13.8 Å². The van der Waals surface area contributed by atoms with Gasteiger partial charge in [-0.2, -0.15) is 0 Å². The van der Waals surface area contributed by atoms with Crippen LogP contribution in [0.15, 0.2) is 24.4 Å². The van der Waals surface area contributed by atoms with E-state index in [4.69, 9.17) is 0 Å². The number of rotatable bonds is 2. The van der Waals surface area contributed by atoms with Crippen LogP contribution in [-0.4, -0.2) is 64.4 Å². The third-order valence-corrected chi connectivity index (χ3v) is 5.73. The Bertz CT molecular complexity index is 585. The zero-order chi connectivity index (χ0) is 16.4. The van der Waals surface area contributed by atoms with Crippen LogP contribution in [0.25, 0.3) is 0 Å². The van der Waals surface area contributed by atoms with Gasteiger partial charge in [-0.05, 0) is 26.0 Å². The molecule has 1 aromatic heterocycles. The van der Waals surface area contributed by atoms with E-state index in [2.05, 4.69) is 15.2 Å². The molecule has 1 N–H and O–H groups in total. The molecule has 3 heterocycles. The number of hydrogen-bond donors (Lipinski definition) is 1. The first-order chi connectivity index (χ1) is 11.0. The number of thioether (sulfide) groups is 1. The molecule has 2 fully saturated rings. The van der Waals surface area contributed by atoms with Crippen LogP contribution in [0.5, 0.6) is 0 Å². The lowest BCUT2D eigenvalue weighted by atomic mass is 10.1. The molecule has 0 unspecified atom stereocenters. The first-order valence-electron chi connectivity index (χ1n) is 7.87. The summed E-state index contributed by atoms with van der Waals surface area (Å²) in [5.41, 5.74) is 0. The predicted molar refractivity (Wildman–Crippen MR) is 91.5 cm³/mol. The van der Waals surface area contributed by atoms with Gasteiger partial charge < -0.3 is 15.1 Å². The highest BCUT2D eigenvalue weighted by atomic mass is 32.2. The molecule has 124 valence electrons. The van der Waals surface area contributed by atoms with Gasteiger partial charge in [0, 0.05) is 38.1 Å². The quantitative estimate of drug-likeness (QED) is 0.864. The van der Waals surface area contributed by atoms with E-state index < -0.39 is 10.8 Å². The smallest absolute Gasteiger partial charge is 0.246 e. The van der Waals surface area contributed by atoms with Crippen molar-refractivity contribution in [3.63, 3.8) is 0 Å². The van der Waals surface area contributed by atoms with Crippen molar-refractivity contribution in [1.29, 1.82) is 0 Å². The summed E-state index contributed by atoms with van der Waals surface area (Å²) in [6.07, 6.45) is 1.78. The van der Waals surface area contributed by atoms with Crippen LogP contribution < -0.4 is 10.2 Å². The number of carbonyl (C=O) groups excluding carboxylic acids is 2. The number of carbonyl (C=O) groups is 2. The molecule has 2 saturated heterocycles. The van der Waals surface area contributed by atoms with Crippen molar-refractivity contribution < 1.29 is 9.59 Å². The molecule has 0 aliphatic carbocycles. The number of hydrogen-bond acceptors (Lipinski definition) is 5. The third kappa shape index (κ3) is 3.44. The van der Waals surface area contributed by atoms with E-state index in [0.29, 0.717) is 18.8 Å². The van der Waals surface area contributed by atoms with E-state index in [-0.39, 0.29) is 11.8 Å². The maximum atomic E-state index is 12.6. The second kappa shape index (κ2) is 6.39. The van der Waals surface area contributed by atoms with Gasteiger partial charge in [0.05, 0.1) is 4.75 Å². The van der Waals surface area contributed by atoms with Gasteiger partial charge in [-0.1, -0.05) is 6.07 Å². The Hall–Kier alpha value is -1.76. The molecule has 0 bridgehead atoms. The van der Waals surface area contributed by atoms with E-state index in [1.54, 1.807) is 18.0 Å². The highest BCUT2D eigenvalue weighted by molar-refractivity contribution is 8.01. The normalized spacial score (nSPS) is 24.3. The van der Waals surface area contributed by atoms with Gasteiger partial charge in [-0.15, -0.1) is 11.8 Å². The van der Waals surface area contributed by atoms with Gasteiger partial charge in [0.2, 0.25) is 11.8 Å². The molecule has 0 radical (unpaired) electrons. The lowest BCUT2D eigenvalue weighted by Crippen LogP contribution is -2.60. The summed E-state index contributed by atoms with van der Waals surface area (Å²) < 4.78 is -0.450. The van der Waals surface area contributed by atoms with Crippen molar-refractivity contribution in [2.75, 3.05) is 36.8 Å². The molecule has 2 aliphatic rings. The first-order valence-corrected chi connectivity index (χ1v) is 8.85. The molecule has 0 spiro atoms. The van der Waals surface area contributed by atoms with Gasteiger partial charge >= 0.3 is 0 Å². The van der Waals surface area contributed by atoms with Crippen molar-refractivity contribution in [2.24, 2.45) is 0 Å². The van der Waals surface area contributed by atoms with Crippen LogP contribution in [0.2, 0.25) is 0 Å². The van der Waals surface area contributed by atoms with E-state index in [0.717, 1.165) is 18.9 Å². The monoisotopic (exact) mass is 334 g/mol. The summed E-state index contributed by atoms with van der Waals surface area (Å²) in [4.78, 5) is 33.0. The van der Waals surface area contributed by atoms with Gasteiger partial charge in [0.15, 0.2) is 0 Å². The lowest BCUT2D eigenvalue weighted by molar-refractivity contribution is -0.136. The van der Waals surface area contributed by atoms with Gasteiger partial charge in [0.1, 0.15) is 11.9 Å². The molecule has 3 rings (SSSR count). The summed E-state index contributed by atoms with van der Waals surface area (Å²) in [6.45, 7) is 6.63. The summed E-state index contributed by atoms with van der Waals surface area (Å²) in [6, 6.07) is 5.45.